The van der Waals surface area contributed by atoms with E-state index < -0.39 is 6.10 Å². The molecule has 0 amide bonds. The Balaban J connectivity index is 4.30. The summed E-state index contributed by atoms with van der Waals surface area (Å²) < 4.78 is 17.0. The van der Waals surface area contributed by atoms with E-state index in [1.54, 1.807) is 0 Å². The fourth-order valence-electron chi connectivity index (χ4n) is 10.2. The monoisotopic (exact) mass is 1120 g/mol. The number of carbonyl (C=O) groups is 3. The number of ether oxygens (including phenoxy) is 3. The van der Waals surface area contributed by atoms with Crippen molar-refractivity contribution in [3.63, 3.8) is 0 Å². The molecule has 0 radical (unpaired) electrons. The Kier molecular flexibility index (Phi) is 65.7. The van der Waals surface area contributed by atoms with Gasteiger partial charge in [0, 0.05) is 19.3 Å². The van der Waals surface area contributed by atoms with Crippen molar-refractivity contribution in [2.24, 2.45) is 0 Å². The van der Waals surface area contributed by atoms with Gasteiger partial charge in [-0.25, -0.2) is 0 Å². The first-order chi connectivity index (χ1) is 39.5. The molecule has 6 nitrogen and oxygen atoms in total. The Morgan fingerprint density at radius 3 is 0.787 bits per heavy atom. The molecule has 0 fully saturated rings. The van der Waals surface area contributed by atoms with Crippen molar-refractivity contribution in [2.75, 3.05) is 13.2 Å². The average molecular weight is 1120 g/mol. The van der Waals surface area contributed by atoms with Crippen molar-refractivity contribution < 1.29 is 28.6 Å². The highest BCUT2D eigenvalue weighted by atomic mass is 16.6. The third kappa shape index (κ3) is 65.7. The third-order valence-corrected chi connectivity index (χ3v) is 15.4. The molecule has 0 heterocycles. The molecule has 1 atom stereocenters. The van der Waals surface area contributed by atoms with Crippen LogP contribution in [0.15, 0.2) is 72.9 Å². The lowest BCUT2D eigenvalue weighted by atomic mass is 10.0. The van der Waals surface area contributed by atoms with Crippen molar-refractivity contribution in [3.8, 4) is 0 Å². The summed E-state index contributed by atoms with van der Waals surface area (Å²) in [6.07, 6.45) is 89.3. The number of hydrogen-bond acceptors (Lipinski definition) is 6. The van der Waals surface area contributed by atoms with E-state index >= 15 is 0 Å². The highest BCUT2D eigenvalue weighted by Gasteiger charge is 2.19. The summed E-state index contributed by atoms with van der Waals surface area (Å²) in [6.45, 7) is 6.54. The minimum atomic E-state index is -0.786. The summed E-state index contributed by atoms with van der Waals surface area (Å²) in [6, 6.07) is 0. The van der Waals surface area contributed by atoms with Crippen LogP contribution in [0.3, 0.4) is 0 Å². The molecule has 0 aliphatic heterocycles. The smallest absolute Gasteiger partial charge is 0.306 e. The minimum Gasteiger partial charge on any atom is -0.462 e. The number of carbonyl (C=O) groups excluding carboxylic acids is 3. The van der Waals surface area contributed by atoms with Crippen LogP contribution >= 0.6 is 0 Å². The lowest BCUT2D eigenvalue weighted by Crippen LogP contribution is -2.30. The lowest BCUT2D eigenvalue weighted by Gasteiger charge is -2.18. The molecule has 464 valence electrons. The van der Waals surface area contributed by atoms with E-state index in [0.717, 1.165) is 109 Å². The Morgan fingerprint density at radius 1 is 0.263 bits per heavy atom. The minimum absolute atomic E-state index is 0.0801. The maximum atomic E-state index is 12.9. The number of rotatable bonds is 64. The molecule has 0 saturated heterocycles. The molecule has 0 aromatic carbocycles. The molecule has 6 heteroatoms. The maximum absolute atomic E-state index is 12.9. The zero-order valence-corrected chi connectivity index (χ0v) is 53.3. The van der Waals surface area contributed by atoms with E-state index in [1.807, 2.05) is 0 Å². The number of unbranched alkanes of at least 4 members (excludes halogenated alkanes) is 41. The summed E-state index contributed by atoms with van der Waals surface area (Å²) in [5.41, 5.74) is 0. The molecule has 0 aromatic heterocycles. The normalized spacial score (nSPS) is 12.5. The second kappa shape index (κ2) is 68.3. The van der Waals surface area contributed by atoms with E-state index in [-0.39, 0.29) is 31.1 Å². The highest BCUT2D eigenvalue weighted by molar-refractivity contribution is 5.71. The van der Waals surface area contributed by atoms with Gasteiger partial charge in [0.2, 0.25) is 0 Å². The van der Waals surface area contributed by atoms with E-state index in [1.165, 1.54) is 212 Å². The van der Waals surface area contributed by atoms with Gasteiger partial charge in [0.1, 0.15) is 13.2 Å². The van der Waals surface area contributed by atoms with Crippen LogP contribution < -0.4 is 0 Å². The summed E-state index contributed by atoms with van der Waals surface area (Å²) in [5, 5.41) is 0. The van der Waals surface area contributed by atoms with E-state index in [2.05, 4.69) is 93.7 Å². The Labute approximate surface area is 497 Å². The van der Waals surface area contributed by atoms with E-state index in [9.17, 15) is 14.4 Å². The summed E-state index contributed by atoms with van der Waals surface area (Å²) in [4.78, 5) is 38.4. The second-order valence-electron chi connectivity index (χ2n) is 23.4. The van der Waals surface area contributed by atoms with E-state index in [0.29, 0.717) is 19.3 Å². The van der Waals surface area contributed by atoms with Crippen molar-refractivity contribution in [3.05, 3.63) is 72.9 Å². The van der Waals surface area contributed by atoms with Crippen LogP contribution in [0.2, 0.25) is 0 Å². The Morgan fingerprint density at radius 2 is 0.487 bits per heavy atom. The molecule has 0 bridgehead atoms. The zero-order chi connectivity index (χ0) is 57.8. The number of hydrogen-bond donors (Lipinski definition) is 0. The molecule has 0 aliphatic rings. The van der Waals surface area contributed by atoms with Crippen molar-refractivity contribution in [2.45, 2.75) is 367 Å². The second-order valence-corrected chi connectivity index (χ2v) is 23.4. The van der Waals surface area contributed by atoms with Crippen molar-refractivity contribution in [1.82, 2.24) is 0 Å². The number of esters is 3. The van der Waals surface area contributed by atoms with Crippen LogP contribution in [0.4, 0.5) is 0 Å². The van der Waals surface area contributed by atoms with Crippen LogP contribution in [-0.2, 0) is 28.6 Å². The van der Waals surface area contributed by atoms with Gasteiger partial charge in [-0.05, 0) is 89.9 Å². The predicted molar refractivity (Wildman–Crippen MR) is 348 cm³/mol. The fraction of sp³-hybridized carbons (Fsp3) is 0.797. The van der Waals surface area contributed by atoms with Gasteiger partial charge in [-0.2, -0.15) is 0 Å². The molecule has 0 N–H and O–H groups in total. The largest absolute Gasteiger partial charge is 0.462 e. The SMILES string of the molecule is CC/C=C\C/C=C\C/C=C\C/C=C\CCCCCCCCCCC(=O)OC(COC(=O)CCCCCCC/C=C\C/C=C\CCCCC)COC(=O)CCCCCCCCCCCCCCCCCCCCCCCCCCCC. The van der Waals surface area contributed by atoms with Crippen LogP contribution in [-0.4, -0.2) is 37.2 Å². The van der Waals surface area contributed by atoms with Crippen molar-refractivity contribution >= 4 is 17.9 Å². The van der Waals surface area contributed by atoms with Gasteiger partial charge in [0.15, 0.2) is 6.10 Å². The Bertz CT molecular complexity index is 1470. The van der Waals surface area contributed by atoms with E-state index in [4.69, 9.17) is 14.2 Å². The van der Waals surface area contributed by atoms with Gasteiger partial charge < -0.3 is 14.2 Å². The fourth-order valence-corrected chi connectivity index (χ4v) is 10.2. The van der Waals surface area contributed by atoms with Crippen LogP contribution in [0.25, 0.3) is 0 Å². The summed E-state index contributed by atoms with van der Waals surface area (Å²) >= 11 is 0. The molecule has 80 heavy (non-hydrogen) atoms. The molecule has 0 saturated carbocycles. The van der Waals surface area contributed by atoms with Gasteiger partial charge in [-0.3, -0.25) is 14.4 Å². The highest BCUT2D eigenvalue weighted by Crippen LogP contribution is 2.18. The van der Waals surface area contributed by atoms with Crippen molar-refractivity contribution in [1.29, 1.82) is 0 Å². The molecule has 0 rings (SSSR count). The molecule has 1 unspecified atom stereocenters. The van der Waals surface area contributed by atoms with Crippen LogP contribution in [0.5, 0.6) is 0 Å². The molecular weight excluding hydrogens is 985 g/mol. The van der Waals surface area contributed by atoms with Gasteiger partial charge in [-0.15, -0.1) is 0 Å². The Hall–Kier alpha value is -3.15. The molecule has 0 spiro atoms. The van der Waals surface area contributed by atoms with Gasteiger partial charge in [0.25, 0.3) is 0 Å². The van der Waals surface area contributed by atoms with Gasteiger partial charge in [-0.1, -0.05) is 325 Å². The molecular formula is C74H132O6. The molecule has 0 aromatic rings. The quantitative estimate of drug-likeness (QED) is 0.0261. The maximum Gasteiger partial charge on any atom is 0.306 e. The van der Waals surface area contributed by atoms with Gasteiger partial charge in [0.05, 0.1) is 0 Å². The van der Waals surface area contributed by atoms with Crippen LogP contribution in [0.1, 0.15) is 361 Å². The lowest BCUT2D eigenvalue weighted by molar-refractivity contribution is -0.167. The third-order valence-electron chi connectivity index (χ3n) is 15.4. The predicted octanol–water partition coefficient (Wildman–Crippen LogP) is 24.1. The average Bonchev–Trinajstić information content (AvgIpc) is 3.46. The van der Waals surface area contributed by atoms with Gasteiger partial charge >= 0.3 is 17.9 Å². The summed E-state index contributed by atoms with van der Waals surface area (Å²) in [5.74, 6) is -0.882. The first-order valence-corrected chi connectivity index (χ1v) is 34.9. The summed E-state index contributed by atoms with van der Waals surface area (Å²) in [7, 11) is 0. The van der Waals surface area contributed by atoms with Crippen LogP contribution in [0, 0.1) is 0 Å². The zero-order valence-electron chi connectivity index (χ0n) is 53.3. The number of allylic oxidation sites excluding steroid dienone is 12. The standard InChI is InChI=1S/C74H132O6/c1-4-7-10-13-16-19-22-25-28-30-32-34-35-36-37-38-40-41-43-46-49-52-55-58-61-64-67-73(76)79-70-71(69-78-72(75)66-63-60-57-54-51-48-45-27-24-21-18-15-12-9-6-3)80-74(77)68-65-62-59-56-53-50-47-44-42-39-33-31-29-26-23-20-17-14-11-8-5-2/h8,11,17-18,20-21,26-27,29,33,39,45,71H,4-7,9-10,12-16,19,22-25,28,30-32,34-38,40-44,46-70H2,1-3H3/b11-8-,20-17-,21-18-,29-26-,39-33-,45-27-. The molecule has 0 aliphatic carbocycles. The topological polar surface area (TPSA) is 78.9 Å². The first-order valence-electron chi connectivity index (χ1n) is 34.9. The first kappa shape index (κ1) is 76.9.